The number of ether oxygens (including phenoxy) is 2. The Hall–Kier alpha value is -2.27. The van der Waals surface area contributed by atoms with Crippen molar-refractivity contribution in [1.29, 1.82) is 0 Å². The van der Waals surface area contributed by atoms with Gasteiger partial charge in [-0.1, -0.05) is 38.1 Å². The van der Waals surface area contributed by atoms with E-state index in [4.69, 9.17) is 21.7 Å². The van der Waals surface area contributed by atoms with Crippen molar-refractivity contribution in [1.82, 2.24) is 4.90 Å². The summed E-state index contributed by atoms with van der Waals surface area (Å²) >= 11 is 5.61. The van der Waals surface area contributed by atoms with E-state index in [9.17, 15) is 0 Å². The SMILES string of the molecule is CCN(C[C@H]1COc2ccccc2O1)C(=S)Nc1ccc(C(C)C)cc1. The average molecular weight is 371 g/mol. The van der Waals surface area contributed by atoms with Gasteiger partial charge in [0.15, 0.2) is 22.7 Å². The highest BCUT2D eigenvalue weighted by Gasteiger charge is 2.23. The van der Waals surface area contributed by atoms with Gasteiger partial charge in [0.25, 0.3) is 0 Å². The molecule has 1 heterocycles. The van der Waals surface area contributed by atoms with Gasteiger partial charge in [0, 0.05) is 12.2 Å². The van der Waals surface area contributed by atoms with Crippen LogP contribution in [0.3, 0.4) is 0 Å². The summed E-state index contributed by atoms with van der Waals surface area (Å²) in [6.07, 6.45) is -0.0482. The highest BCUT2D eigenvalue weighted by molar-refractivity contribution is 7.80. The number of rotatable bonds is 5. The van der Waals surface area contributed by atoms with Crippen LogP contribution in [0.15, 0.2) is 48.5 Å². The first-order valence-corrected chi connectivity index (χ1v) is 9.52. The number of nitrogens with zero attached hydrogens (tertiary/aromatic N) is 1. The van der Waals surface area contributed by atoms with Crippen LogP contribution in [0.2, 0.25) is 0 Å². The number of hydrogen-bond donors (Lipinski definition) is 1. The summed E-state index contributed by atoms with van der Waals surface area (Å²) in [7, 11) is 0. The van der Waals surface area contributed by atoms with Crippen molar-refractivity contribution < 1.29 is 9.47 Å². The molecule has 0 aromatic heterocycles. The van der Waals surface area contributed by atoms with Crippen molar-refractivity contribution in [2.24, 2.45) is 0 Å². The lowest BCUT2D eigenvalue weighted by Gasteiger charge is -2.32. The van der Waals surface area contributed by atoms with Gasteiger partial charge >= 0.3 is 0 Å². The number of fused-ring (bicyclic) bond motifs is 1. The second kappa shape index (κ2) is 8.41. The quantitative estimate of drug-likeness (QED) is 0.774. The van der Waals surface area contributed by atoms with Crippen molar-refractivity contribution in [2.75, 3.05) is 25.0 Å². The lowest BCUT2D eigenvalue weighted by molar-refractivity contribution is 0.0754. The third-order valence-corrected chi connectivity index (χ3v) is 4.85. The molecule has 1 atom stereocenters. The Morgan fingerprint density at radius 2 is 1.85 bits per heavy atom. The van der Waals surface area contributed by atoms with Crippen molar-refractivity contribution in [3.05, 3.63) is 54.1 Å². The standard InChI is InChI=1S/C21H26N2O2S/c1-4-23(13-18-14-24-19-7-5-6-8-20(19)25-18)21(26)22-17-11-9-16(10-12-17)15(2)3/h5-12,15,18H,4,13-14H2,1-3H3,(H,22,26)/t18-/m0/s1. The molecular formula is C21H26N2O2S. The molecule has 26 heavy (non-hydrogen) atoms. The lowest BCUT2D eigenvalue weighted by atomic mass is 10.0. The summed E-state index contributed by atoms with van der Waals surface area (Å²) in [5.74, 6) is 2.12. The maximum absolute atomic E-state index is 6.05. The first-order valence-electron chi connectivity index (χ1n) is 9.11. The fraction of sp³-hybridized carbons (Fsp3) is 0.381. The van der Waals surface area contributed by atoms with Crippen LogP contribution in [0, 0.1) is 0 Å². The maximum Gasteiger partial charge on any atom is 0.173 e. The molecule has 0 fully saturated rings. The predicted molar refractivity (Wildman–Crippen MR) is 110 cm³/mol. The van der Waals surface area contributed by atoms with Crippen LogP contribution in [0.1, 0.15) is 32.3 Å². The zero-order valence-electron chi connectivity index (χ0n) is 15.6. The van der Waals surface area contributed by atoms with E-state index in [0.717, 1.165) is 23.7 Å². The van der Waals surface area contributed by atoms with E-state index in [2.05, 4.69) is 55.3 Å². The van der Waals surface area contributed by atoms with Crippen molar-refractivity contribution >= 4 is 23.0 Å². The minimum atomic E-state index is -0.0482. The summed E-state index contributed by atoms with van der Waals surface area (Å²) in [5.41, 5.74) is 2.32. The third-order valence-electron chi connectivity index (χ3n) is 4.49. The zero-order chi connectivity index (χ0) is 18.5. The Labute approximate surface area is 161 Å². The van der Waals surface area contributed by atoms with Crippen LogP contribution >= 0.6 is 12.2 Å². The van der Waals surface area contributed by atoms with E-state index in [-0.39, 0.29) is 6.10 Å². The van der Waals surface area contributed by atoms with Gasteiger partial charge in [0.05, 0.1) is 6.54 Å². The summed E-state index contributed by atoms with van der Waals surface area (Å²) in [5, 5.41) is 4.03. The molecule has 138 valence electrons. The molecule has 1 aliphatic rings. The minimum Gasteiger partial charge on any atom is -0.486 e. The van der Waals surface area contributed by atoms with Crippen LogP contribution in [-0.2, 0) is 0 Å². The molecular weight excluding hydrogens is 344 g/mol. The second-order valence-corrected chi connectivity index (χ2v) is 7.13. The molecule has 0 radical (unpaired) electrons. The summed E-state index contributed by atoms with van der Waals surface area (Å²) in [6, 6.07) is 16.2. The number of nitrogens with one attached hydrogen (secondary N) is 1. The van der Waals surface area contributed by atoms with Gasteiger partial charge in [-0.25, -0.2) is 0 Å². The van der Waals surface area contributed by atoms with E-state index in [0.29, 0.717) is 24.2 Å². The van der Waals surface area contributed by atoms with Gasteiger partial charge in [-0.05, 0) is 54.9 Å². The fourth-order valence-electron chi connectivity index (χ4n) is 2.91. The molecule has 2 aromatic carbocycles. The first-order chi connectivity index (χ1) is 12.6. The number of likely N-dealkylation sites (N-methyl/N-ethyl adjacent to an activating group) is 1. The minimum absolute atomic E-state index is 0.0482. The number of thiocarbonyl (C=S) groups is 1. The van der Waals surface area contributed by atoms with Crippen LogP contribution < -0.4 is 14.8 Å². The summed E-state index contributed by atoms with van der Waals surface area (Å²) in [4.78, 5) is 2.10. The van der Waals surface area contributed by atoms with Gasteiger partial charge in [0.2, 0.25) is 0 Å². The number of para-hydroxylation sites is 2. The van der Waals surface area contributed by atoms with E-state index in [1.165, 1.54) is 5.56 Å². The van der Waals surface area contributed by atoms with Gasteiger partial charge in [0.1, 0.15) is 6.61 Å². The Morgan fingerprint density at radius 3 is 2.50 bits per heavy atom. The smallest absolute Gasteiger partial charge is 0.173 e. The van der Waals surface area contributed by atoms with Crippen LogP contribution in [0.4, 0.5) is 5.69 Å². The first kappa shape index (κ1) is 18.5. The Kier molecular flexibility index (Phi) is 5.99. The average Bonchev–Trinajstić information content (AvgIpc) is 2.66. The molecule has 0 saturated carbocycles. The molecule has 0 bridgehead atoms. The van der Waals surface area contributed by atoms with Crippen molar-refractivity contribution in [2.45, 2.75) is 32.8 Å². The van der Waals surface area contributed by atoms with Gasteiger partial charge in [-0.2, -0.15) is 0 Å². The van der Waals surface area contributed by atoms with Crippen molar-refractivity contribution in [3.8, 4) is 11.5 Å². The normalized spacial score (nSPS) is 15.6. The van der Waals surface area contributed by atoms with E-state index in [1.54, 1.807) is 0 Å². The monoisotopic (exact) mass is 370 g/mol. The molecule has 0 unspecified atom stereocenters. The molecule has 1 N–H and O–H groups in total. The van der Waals surface area contributed by atoms with Crippen LogP contribution in [-0.4, -0.2) is 35.8 Å². The number of benzene rings is 2. The molecule has 0 spiro atoms. The molecule has 0 amide bonds. The molecule has 5 heteroatoms. The molecule has 0 aliphatic carbocycles. The van der Waals surface area contributed by atoms with Gasteiger partial charge < -0.3 is 19.7 Å². The molecule has 1 aliphatic heterocycles. The molecule has 4 nitrogen and oxygen atoms in total. The highest BCUT2D eigenvalue weighted by Crippen LogP contribution is 2.31. The van der Waals surface area contributed by atoms with Crippen molar-refractivity contribution in [3.63, 3.8) is 0 Å². The number of hydrogen-bond acceptors (Lipinski definition) is 3. The number of anilines is 1. The predicted octanol–water partition coefficient (Wildman–Crippen LogP) is 4.67. The van der Waals surface area contributed by atoms with Gasteiger partial charge in [-0.3, -0.25) is 0 Å². The Morgan fingerprint density at radius 1 is 1.15 bits per heavy atom. The second-order valence-electron chi connectivity index (χ2n) is 6.74. The summed E-state index contributed by atoms with van der Waals surface area (Å²) < 4.78 is 11.9. The fourth-order valence-corrected chi connectivity index (χ4v) is 3.23. The Balaban J connectivity index is 1.59. The van der Waals surface area contributed by atoms with Crippen LogP contribution in [0.25, 0.3) is 0 Å². The molecule has 2 aromatic rings. The topological polar surface area (TPSA) is 33.7 Å². The van der Waals surface area contributed by atoms with Gasteiger partial charge in [-0.15, -0.1) is 0 Å². The largest absolute Gasteiger partial charge is 0.486 e. The summed E-state index contributed by atoms with van der Waals surface area (Å²) in [6.45, 7) is 8.48. The van der Waals surface area contributed by atoms with Crippen LogP contribution in [0.5, 0.6) is 11.5 Å². The third kappa shape index (κ3) is 4.47. The molecule has 3 rings (SSSR count). The Bertz CT molecular complexity index is 746. The highest BCUT2D eigenvalue weighted by atomic mass is 32.1. The van der Waals surface area contributed by atoms with E-state index in [1.807, 2.05) is 24.3 Å². The zero-order valence-corrected chi connectivity index (χ0v) is 16.4. The lowest BCUT2D eigenvalue weighted by Crippen LogP contribution is -2.45. The van der Waals surface area contributed by atoms with E-state index < -0.39 is 0 Å². The van der Waals surface area contributed by atoms with E-state index >= 15 is 0 Å². The molecule has 0 saturated heterocycles. The maximum atomic E-state index is 6.05.